The number of nitrogens with zero attached hydrogens (tertiary/aromatic N) is 2. The van der Waals surface area contributed by atoms with E-state index in [1.807, 2.05) is 6.92 Å². The fourth-order valence-corrected chi connectivity index (χ4v) is 2.52. The highest BCUT2D eigenvalue weighted by atomic mass is 32.1. The van der Waals surface area contributed by atoms with E-state index < -0.39 is 0 Å². The van der Waals surface area contributed by atoms with Crippen molar-refractivity contribution in [3.63, 3.8) is 0 Å². The van der Waals surface area contributed by atoms with Gasteiger partial charge in [0, 0.05) is 6.42 Å². The number of anilines is 1. The van der Waals surface area contributed by atoms with Gasteiger partial charge in [-0.05, 0) is 30.4 Å². The minimum absolute atomic E-state index is 0.0108. The van der Waals surface area contributed by atoms with Gasteiger partial charge >= 0.3 is 0 Å². The van der Waals surface area contributed by atoms with Crippen LogP contribution in [0.15, 0.2) is 24.3 Å². The maximum atomic E-state index is 11.8. The van der Waals surface area contributed by atoms with E-state index in [0.29, 0.717) is 11.6 Å². The fraction of sp³-hybridized carbons (Fsp3) is 0.400. The summed E-state index contributed by atoms with van der Waals surface area (Å²) >= 11 is 1.43. The van der Waals surface area contributed by atoms with Crippen LogP contribution in [0.25, 0.3) is 0 Å². The number of amides is 1. The topological polar surface area (TPSA) is 54.9 Å². The SMILES string of the molecule is CCc1ccc(CCC(=O)Nc2nnc(CC)s2)cc1. The second-order valence-electron chi connectivity index (χ2n) is 4.57. The molecule has 20 heavy (non-hydrogen) atoms. The zero-order valence-corrected chi connectivity index (χ0v) is 12.7. The highest BCUT2D eigenvalue weighted by Crippen LogP contribution is 2.16. The van der Waals surface area contributed by atoms with Crippen LogP contribution < -0.4 is 5.32 Å². The molecule has 0 radical (unpaired) electrons. The van der Waals surface area contributed by atoms with Crippen LogP contribution in [-0.2, 0) is 24.1 Å². The Bertz CT molecular complexity index is 563. The van der Waals surface area contributed by atoms with Crippen molar-refractivity contribution in [2.45, 2.75) is 39.5 Å². The van der Waals surface area contributed by atoms with Crippen molar-refractivity contribution in [2.24, 2.45) is 0 Å². The minimum atomic E-state index is -0.0108. The van der Waals surface area contributed by atoms with Gasteiger partial charge in [-0.15, -0.1) is 10.2 Å². The predicted octanol–water partition coefficient (Wildman–Crippen LogP) is 3.23. The van der Waals surface area contributed by atoms with Gasteiger partial charge < -0.3 is 5.32 Å². The van der Waals surface area contributed by atoms with Crippen molar-refractivity contribution < 1.29 is 4.79 Å². The summed E-state index contributed by atoms with van der Waals surface area (Å²) in [6.45, 7) is 4.15. The minimum Gasteiger partial charge on any atom is -0.301 e. The monoisotopic (exact) mass is 289 g/mol. The van der Waals surface area contributed by atoms with Crippen LogP contribution in [0.2, 0.25) is 0 Å². The second kappa shape index (κ2) is 7.14. The Morgan fingerprint density at radius 2 is 1.80 bits per heavy atom. The molecule has 5 heteroatoms. The highest BCUT2D eigenvalue weighted by molar-refractivity contribution is 7.15. The van der Waals surface area contributed by atoms with Crippen LogP contribution >= 0.6 is 11.3 Å². The lowest BCUT2D eigenvalue weighted by Crippen LogP contribution is -2.12. The van der Waals surface area contributed by atoms with E-state index in [4.69, 9.17) is 0 Å². The molecule has 0 saturated carbocycles. The summed E-state index contributed by atoms with van der Waals surface area (Å²) in [6.07, 6.45) is 3.09. The predicted molar refractivity (Wildman–Crippen MR) is 82.1 cm³/mol. The average molecular weight is 289 g/mol. The van der Waals surface area contributed by atoms with Crippen LogP contribution in [0.1, 0.15) is 36.4 Å². The van der Waals surface area contributed by atoms with E-state index >= 15 is 0 Å². The first kappa shape index (κ1) is 14.7. The number of rotatable bonds is 6. The molecule has 0 bridgehead atoms. The number of aryl methyl sites for hydroxylation is 3. The summed E-state index contributed by atoms with van der Waals surface area (Å²) in [7, 11) is 0. The normalized spacial score (nSPS) is 10.5. The summed E-state index contributed by atoms with van der Waals surface area (Å²) in [6, 6.07) is 8.41. The second-order valence-corrected chi connectivity index (χ2v) is 5.63. The Morgan fingerprint density at radius 1 is 1.10 bits per heavy atom. The molecule has 0 aliphatic carbocycles. The molecule has 0 saturated heterocycles. The van der Waals surface area contributed by atoms with Crippen LogP contribution in [-0.4, -0.2) is 16.1 Å². The molecule has 1 amide bonds. The van der Waals surface area contributed by atoms with Crippen LogP contribution in [0, 0.1) is 0 Å². The first-order valence-corrected chi connectivity index (χ1v) is 7.73. The van der Waals surface area contributed by atoms with Crippen molar-refractivity contribution in [3.05, 3.63) is 40.4 Å². The lowest BCUT2D eigenvalue weighted by molar-refractivity contribution is -0.116. The molecule has 4 nitrogen and oxygen atoms in total. The van der Waals surface area contributed by atoms with E-state index in [2.05, 4.69) is 46.7 Å². The molecule has 106 valence electrons. The van der Waals surface area contributed by atoms with Gasteiger partial charge in [-0.1, -0.05) is 49.4 Å². The van der Waals surface area contributed by atoms with E-state index in [1.54, 1.807) is 0 Å². The summed E-state index contributed by atoms with van der Waals surface area (Å²) in [5, 5.41) is 12.2. The zero-order chi connectivity index (χ0) is 14.4. The molecule has 0 aliphatic rings. The van der Waals surface area contributed by atoms with E-state index in [9.17, 15) is 4.79 Å². The number of hydrogen-bond acceptors (Lipinski definition) is 4. The van der Waals surface area contributed by atoms with Gasteiger partial charge in [0.05, 0.1) is 0 Å². The molecule has 1 N–H and O–H groups in total. The third-order valence-electron chi connectivity index (χ3n) is 3.09. The number of carbonyl (C=O) groups excluding carboxylic acids is 1. The Morgan fingerprint density at radius 3 is 2.40 bits per heavy atom. The molecule has 1 heterocycles. The number of nitrogens with one attached hydrogen (secondary N) is 1. The molecule has 1 aromatic carbocycles. The standard InChI is InChI=1S/C15H19N3OS/c1-3-11-5-7-12(8-6-11)9-10-13(19)16-15-18-17-14(4-2)20-15/h5-8H,3-4,9-10H2,1-2H3,(H,16,18,19). The molecule has 0 fully saturated rings. The lowest BCUT2D eigenvalue weighted by atomic mass is 10.1. The molecule has 2 rings (SSSR count). The smallest absolute Gasteiger partial charge is 0.226 e. The van der Waals surface area contributed by atoms with Crippen molar-refractivity contribution in [1.82, 2.24) is 10.2 Å². The Balaban J connectivity index is 1.82. The summed E-state index contributed by atoms with van der Waals surface area (Å²) < 4.78 is 0. The van der Waals surface area contributed by atoms with Crippen LogP contribution in [0.5, 0.6) is 0 Å². The number of hydrogen-bond donors (Lipinski definition) is 1. The van der Waals surface area contributed by atoms with Gasteiger partial charge in [0.1, 0.15) is 5.01 Å². The van der Waals surface area contributed by atoms with Gasteiger partial charge in [0.25, 0.3) is 0 Å². The maximum absolute atomic E-state index is 11.8. The Labute approximate surface area is 123 Å². The molecule has 0 spiro atoms. The lowest BCUT2D eigenvalue weighted by Gasteiger charge is -2.03. The van der Waals surface area contributed by atoms with Crippen LogP contribution in [0.3, 0.4) is 0 Å². The summed E-state index contributed by atoms with van der Waals surface area (Å²) in [5.41, 5.74) is 2.50. The van der Waals surface area contributed by atoms with Crippen molar-refractivity contribution in [2.75, 3.05) is 5.32 Å². The molecular weight excluding hydrogens is 270 g/mol. The molecule has 1 aromatic heterocycles. The van der Waals surface area contributed by atoms with Crippen molar-refractivity contribution in [1.29, 1.82) is 0 Å². The molecule has 0 aliphatic heterocycles. The molecule has 2 aromatic rings. The first-order chi connectivity index (χ1) is 9.71. The number of benzene rings is 1. The van der Waals surface area contributed by atoms with Crippen molar-refractivity contribution in [3.8, 4) is 0 Å². The van der Waals surface area contributed by atoms with Gasteiger partial charge in [-0.25, -0.2) is 0 Å². The molecular formula is C15H19N3OS. The molecule has 0 unspecified atom stereocenters. The number of aromatic nitrogens is 2. The third kappa shape index (κ3) is 4.13. The highest BCUT2D eigenvalue weighted by Gasteiger charge is 2.07. The van der Waals surface area contributed by atoms with Gasteiger partial charge in [0.2, 0.25) is 11.0 Å². The Kier molecular flexibility index (Phi) is 5.24. The van der Waals surface area contributed by atoms with Gasteiger partial charge in [-0.3, -0.25) is 4.79 Å². The van der Waals surface area contributed by atoms with Crippen molar-refractivity contribution >= 4 is 22.4 Å². The summed E-state index contributed by atoms with van der Waals surface area (Å²) in [5.74, 6) is -0.0108. The zero-order valence-electron chi connectivity index (χ0n) is 11.8. The van der Waals surface area contributed by atoms with E-state index in [1.165, 1.54) is 22.5 Å². The molecule has 0 atom stereocenters. The largest absolute Gasteiger partial charge is 0.301 e. The van der Waals surface area contributed by atoms with E-state index in [0.717, 1.165) is 24.3 Å². The average Bonchev–Trinajstić information content (AvgIpc) is 2.93. The maximum Gasteiger partial charge on any atom is 0.226 e. The van der Waals surface area contributed by atoms with Gasteiger partial charge in [0.15, 0.2) is 0 Å². The van der Waals surface area contributed by atoms with E-state index in [-0.39, 0.29) is 5.91 Å². The quantitative estimate of drug-likeness (QED) is 0.888. The van der Waals surface area contributed by atoms with Crippen LogP contribution in [0.4, 0.5) is 5.13 Å². The van der Waals surface area contributed by atoms with Gasteiger partial charge in [-0.2, -0.15) is 0 Å². The fourth-order valence-electron chi connectivity index (χ4n) is 1.83. The third-order valence-corrected chi connectivity index (χ3v) is 4.07. The number of carbonyl (C=O) groups is 1. The summed E-state index contributed by atoms with van der Waals surface area (Å²) in [4.78, 5) is 11.8. The Hall–Kier alpha value is -1.75. The first-order valence-electron chi connectivity index (χ1n) is 6.91.